The lowest BCUT2D eigenvalue weighted by Gasteiger charge is -2.21. The van der Waals surface area contributed by atoms with E-state index in [4.69, 9.17) is 9.84 Å². The maximum Gasteiger partial charge on any atom is 0.408 e. The van der Waals surface area contributed by atoms with E-state index in [1.807, 2.05) is 5.32 Å². The molecule has 0 saturated heterocycles. The van der Waals surface area contributed by atoms with Crippen molar-refractivity contribution in [3.05, 3.63) is 0 Å². The smallest absolute Gasteiger partial charge is 0.408 e. The molecule has 0 saturated carbocycles. The highest BCUT2D eigenvalue weighted by Gasteiger charge is 2.28. The average molecular weight is 281 g/mol. The Morgan fingerprint density at radius 1 is 1.33 bits per heavy atom. The van der Waals surface area contributed by atoms with Gasteiger partial charge in [0.15, 0.2) is 9.84 Å². The Morgan fingerprint density at radius 3 is 2.17 bits per heavy atom. The molecule has 0 spiro atoms. The van der Waals surface area contributed by atoms with Gasteiger partial charge in [0.2, 0.25) is 0 Å². The van der Waals surface area contributed by atoms with Gasteiger partial charge in [-0.2, -0.15) is 0 Å². The number of carboxylic acid groups (broad SMARTS) is 1. The monoisotopic (exact) mass is 281 g/mol. The second-order valence-electron chi connectivity index (χ2n) is 4.74. The lowest BCUT2D eigenvalue weighted by atomic mass is 10.2. The number of ether oxygens (including phenoxy) is 1. The summed E-state index contributed by atoms with van der Waals surface area (Å²) in [5.41, 5.74) is -0.781. The van der Waals surface area contributed by atoms with Gasteiger partial charge in [-0.1, -0.05) is 6.92 Å². The highest BCUT2D eigenvalue weighted by molar-refractivity contribution is 7.91. The van der Waals surface area contributed by atoms with Crippen molar-refractivity contribution < 1.29 is 27.9 Å². The molecule has 7 nitrogen and oxygen atoms in total. The fourth-order valence-electron chi connectivity index (χ4n) is 0.996. The first kappa shape index (κ1) is 16.7. The normalized spacial score (nSPS) is 13.8. The number of alkyl carbamates (subject to hydrolysis) is 1. The quantitative estimate of drug-likeness (QED) is 0.754. The molecule has 8 heteroatoms. The summed E-state index contributed by atoms with van der Waals surface area (Å²) in [6.07, 6.45) is -0.957. The predicted octanol–water partition coefficient (Wildman–Crippen LogP) is 0.399. The first-order valence-electron chi connectivity index (χ1n) is 5.39. The maximum absolute atomic E-state index is 11.4. The number of aliphatic carboxylic acids is 1. The Kier molecular flexibility index (Phi) is 5.59. The van der Waals surface area contributed by atoms with Crippen molar-refractivity contribution in [1.29, 1.82) is 0 Å². The number of carbonyl (C=O) groups excluding carboxylic acids is 1. The fraction of sp³-hybridized carbons (Fsp3) is 0.800. The van der Waals surface area contributed by atoms with Crippen molar-refractivity contribution in [2.24, 2.45) is 0 Å². The Morgan fingerprint density at radius 2 is 1.83 bits per heavy atom. The number of sulfone groups is 1. The minimum atomic E-state index is -3.50. The van der Waals surface area contributed by atoms with Gasteiger partial charge in [0.25, 0.3) is 0 Å². The highest BCUT2D eigenvalue weighted by Crippen LogP contribution is 2.07. The van der Waals surface area contributed by atoms with Gasteiger partial charge in [0, 0.05) is 5.75 Å². The van der Waals surface area contributed by atoms with Crippen LogP contribution in [-0.4, -0.2) is 48.7 Å². The number of nitrogens with one attached hydrogen (secondary N) is 1. The van der Waals surface area contributed by atoms with Gasteiger partial charge < -0.3 is 15.2 Å². The summed E-state index contributed by atoms with van der Waals surface area (Å²) >= 11 is 0. The molecule has 0 aromatic heterocycles. The van der Waals surface area contributed by atoms with Crippen molar-refractivity contribution in [1.82, 2.24) is 5.32 Å². The molecule has 0 aliphatic rings. The third kappa shape index (κ3) is 7.10. The van der Waals surface area contributed by atoms with E-state index in [9.17, 15) is 18.0 Å². The zero-order valence-electron chi connectivity index (χ0n) is 10.9. The first-order valence-corrected chi connectivity index (χ1v) is 7.21. The molecule has 0 heterocycles. The molecule has 0 aromatic rings. The molecular weight excluding hydrogens is 262 g/mol. The third-order valence-corrected chi connectivity index (χ3v) is 3.57. The molecule has 0 aliphatic heterocycles. The molecule has 1 unspecified atom stereocenters. The van der Waals surface area contributed by atoms with Crippen LogP contribution in [0.1, 0.15) is 27.7 Å². The second-order valence-corrected chi connectivity index (χ2v) is 7.13. The van der Waals surface area contributed by atoms with Crippen molar-refractivity contribution in [3.8, 4) is 0 Å². The van der Waals surface area contributed by atoms with Gasteiger partial charge >= 0.3 is 12.1 Å². The third-order valence-electron chi connectivity index (χ3n) is 1.85. The molecule has 0 fully saturated rings. The van der Waals surface area contributed by atoms with E-state index in [0.717, 1.165) is 0 Å². The van der Waals surface area contributed by atoms with E-state index < -0.39 is 39.3 Å². The number of amides is 1. The molecule has 0 radical (unpaired) electrons. The van der Waals surface area contributed by atoms with Crippen molar-refractivity contribution in [2.45, 2.75) is 39.3 Å². The average Bonchev–Trinajstić information content (AvgIpc) is 2.13. The van der Waals surface area contributed by atoms with E-state index in [-0.39, 0.29) is 5.75 Å². The lowest BCUT2D eigenvalue weighted by Crippen LogP contribution is -2.47. The zero-order chi connectivity index (χ0) is 14.6. The minimum Gasteiger partial charge on any atom is -0.480 e. The molecule has 0 aliphatic carbocycles. The standard InChI is InChI=1S/C10H19NO6S/c1-5-18(15,16)6-7(8(12)13)11-9(14)17-10(2,3)4/h7H,5-6H2,1-4H3,(H,11,14)(H,12,13). The molecule has 0 aromatic carbocycles. The summed E-state index contributed by atoms with van der Waals surface area (Å²) in [6, 6.07) is -1.51. The zero-order valence-corrected chi connectivity index (χ0v) is 11.7. The largest absolute Gasteiger partial charge is 0.480 e. The molecule has 106 valence electrons. The van der Waals surface area contributed by atoms with Crippen LogP contribution in [0.3, 0.4) is 0 Å². The summed E-state index contributed by atoms with van der Waals surface area (Å²) in [7, 11) is -3.50. The number of rotatable bonds is 5. The summed E-state index contributed by atoms with van der Waals surface area (Å²) < 4.78 is 27.5. The van der Waals surface area contributed by atoms with Crippen LogP contribution in [0.4, 0.5) is 4.79 Å². The Labute approximate surface area is 106 Å². The number of hydrogen-bond acceptors (Lipinski definition) is 5. The lowest BCUT2D eigenvalue weighted by molar-refractivity contribution is -0.138. The van der Waals surface area contributed by atoms with Crippen molar-refractivity contribution in [3.63, 3.8) is 0 Å². The molecule has 0 bridgehead atoms. The number of carboxylic acids is 1. The molecule has 1 atom stereocenters. The van der Waals surface area contributed by atoms with Crippen molar-refractivity contribution >= 4 is 21.9 Å². The van der Waals surface area contributed by atoms with Crippen molar-refractivity contribution in [2.75, 3.05) is 11.5 Å². The van der Waals surface area contributed by atoms with E-state index in [1.54, 1.807) is 20.8 Å². The van der Waals surface area contributed by atoms with E-state index >= 15 is 0 Å². The van der Waals surface area contributed by atoms with Crippen LogP contribution in [0.5, 0.6) is 0 Å². The van der Waals surface area contributed by atoms with Gasteiger partial charge in [-0.05, 0) is 20.8 Å². The molecule has 18 heavy (non-hydrogen) atoms. The Bertz CT molecular complexity index is 409. The van der Waals surface area contributed by atoms with E-state index in [2.05, 4.69) is 0 Å². The Balaban J connectivity index is 4.66. The van der Waals surface area contributed by atoms with Crippen LogP contribution < -0.4 is 5.32 Å². The molecule has 2 N–H and O–H groups in total. The minimum absolute atomic E-state index is 0.188. The second kappa shape index (κ2) is 6.03. The van der Waals surface area contributed by atoms with Gasteiger partial charge in [-0.15, -0.1) is 0 Å². The molecular formula is C10H19NO6S. The van der Waals surface area contributed by atoms with E-state index in [1.165, 1.54) is 6.92 Å². The number of carbonyl (C=O) groups is 2. The highest BCUT2D eigenvalue weighted by atomic mass is 32.2. The van der Waals surface area contributed by atoms with Gasteiger partial charge in [-0.25, -0.2) is 18.0 Å². The maximum atomic E-state index is 11.4. The summed E-state index contributed by atoms with van der Waals surface area (Å²) in [4.78, 5) is 22.2. The SMILES string of the molecule is CCS(=O)(=O)CC(NC(=O)OC(C)(C)C)C(=O)O. The number of hydrogen-bond donors (Lipinski definition) is 2. The van der Waals surface area contributed by atoms with E-state index in [0.29, 0.717) is 0 Å². The predicted molar refractivity (Wildman–Crippen MR) is 65.1 cm³/mol. The Hall–Kier alpha value is -1.31. The first-order chi connectivity index (χ1) is 7.97. The van der Waals surface area contributed by atoms with Gasteiger partial charge in [0.05, 0.1) is 5.75 Å². The summed E-state index contributed by atoms with van der Waals surface area (Å²) in [6.45, 7) is 6.25. The van der Waals surface area contributed by atoms with Gasteiger partial charge in [0.1, 0.15) is 11.6 Å². The molecule has 0 rings (SSSR count). The van der Waals surface area contributed by atoms with Crippen LogP contribution in [0.15, 0.2) is 0 Å². The van der Waals surface area contributed by atoms with Crippen LogP contribution in [0, 0.1) is 0 Å². The summed E-state index contributed by atoms with van der Waals surface area (Å²) in [5, 5.41) is 10.9. The van der Waals surface area contributed by atoms with Crippen LogP contribution in [-0.2, 0) is 19.4 Å². The van der Waals surface area contributed by atoms with Crippen LogP contribution >= 0.6 is 0 Å². The topological polar surface area (TPSA) is 110 Å². The van der Waals surface area contributed by atoms with Gasteiger partial charge in [-0.3, -0.25) is 0 Å². The summed E-state index contributed by atoms with van der Waals surface area (Å²) in [5.74, 6) is -2.26. The molecule has 1 amide bonds. The van der Waals surface area contributed by atoms with Crippen LogP contribution in [0.25, 0.3) is 0 Å². The fourth-order valence-corrected chi connectivity index (χ4v) is 1.97. The van der Waals surface area contributed by atoms with Crippen LogP contribution in [0.2, 0.25) is 0 Å².